The van der Waals surface area contributed by atoms with E-state index in [0.717, 1.165) is 80.0 Å². The van der Waals surface area contributed by atoms with Crippen molar-refractivity contribution in [2.75, 3.05) is 27.3 Å². The van der Waals surface area contributed by atoms with E-state index in [4.69, 9.17) is 14.5 Å². The van der Waals surface area contributed by atoms with E-state index in [2.05, 4.69) is 22.0 Å². The number of aryl methyl sites for hydroxylation is 1. The van der Waals surface area contributed by atoms with Gasteiger partial charge in [-0.05, 0) is 50.3 Å². The van der Waals surface area contributed by atoms with Crippen LogP contribution < -0.4 is 4.74 Å². The minimum Gasteiger partial charge on any atom is -0.497 e. The quantitative estimate of drug-likeness (QED) is 0.663. The van der Waals surface area contributed by atoms with Crippen LogP contribution in [0.1, 0.15) is 73.5 Å². The molecule has 0 atom stereocenters. The minimum absolute atomic E-state index is 0.303. The molecule has 1 aromatic heterocycles. The van der Waals surface area contributed by atoms with Crippen LogP contribution in [0.4, 0.5) is 0 Å². The number of hydrogen-bond donors (Lipinski definition) is 0. The van der Waals surface area contributed by atoms with Crippen molar-refractivity contribution < 1.29 is 14.3 Å². The van der Waals surface area contributed by atoms with Crippen LogP contribution in [-0.2, 0) is 21.6 Å². The van der Waals surface area contributed by atoms with Crippen LogP contribution in [0.3, 0.4) is 0 Å². The molecule has 2 aliphatic rings. The summed E-state index contributed by atoms with van der Waals surface area (Å²) in [5.41, 5.74) is 2.89. The third-order valence-corrected chi connectivity index (χ3v) is 7.25. The first-order valence-electron chi connectivity index (χ1n) is 11.8. The highest BCUT2D eigenvalue weighted by molar-refractivity contribution is 5.88. The van der Waals surface area contributed by atoms with Gasteiger partial charge in [-0.15, -0.1) is 0 Å². The smallest absolute Gasteiger partial charge is 0.233 e. The molecule has 0 N–H and O–H groups in total. The van der Waals surface area contributed by atoms with Gasteiger partial charge in [0.15, 0.2) is 0 Å². The van der Waals surface area contributed by atoms with Crippen molar-refractivity contribution >= 4 is 5.91 Å². The van der Waals surface area contributed by atoms with E-state index in [1.54, 1.807) is 14.2 Å². The maximum absolute atomic E-state index is 13.9. The van der Waals surface area contributed by atoms with Gasteiger partial charge < -0.3 is 14.4 Å². The Balaban J connectivity index is 1.52. The van der Waals surface area contributed by atoms with Crippen molar-refractivity contribution in [1.82, 2.24) is 14.9 Å². The lowest BCUT2D eigenvalue weighted by atomic mass is 9.68. The third kappa shape index (κ3) is 4.51. The first-order chi connectivity index (χ1) is 15.6. The molecule has 6 heteroatoms. The summed E-state index contributed by atoms with van der Waals surface area (Å²) in [7, 11) is 3.38. The van der Waals surface area contributed by atoms with E-state index in [0.29, 0.717) is 18.4 Å². The largest absolute Gasteiger partial charge is 0.497 e. The molecule has 1 amide bonds. The summed E-state index contributed by atoms with van der Waals surface area (Å²) in [6.45, 7) is 4.00. The Bertz CT molecular complexity index is 914. The molecule has 0 radical (unpaired) electrons. The lowest BCUT2D eigenvalue weighted by Crippen LogP contribution is -2.50. The third-order valence-electron chi connectivity index (χ3n) is 7.25. The first kappa shape index (κ1) is 22.7. The predicted octanol–water partition coefficient (Wildman–Crippen LogP) is 4.55. The molecule has 2 heterocycles. The van der Waals surface area contributed by atoms with Crippen molar-refractivity contribution in [2.24, 2.45) is 0 Å². The van der Waals surface area contributed by atoms with Crippen molar-refractivity contribution in [1.29, 1.82) is 0 Å². The predicted molar refractivity (Wildman–Crippen MR) is 124 cm³/mol. The number of methoxy groups -OCH3 is 2. The van der Waals surface area contributed by atoms with E-state index in [-0.39, 0.29) is 0 Å². The molecule has 0 bridgehead atoms. The number of carbonyl (C=O) groups excluding carboxylic acids is 1. The maximum atomic E-state index is 13.9. The molecule has 1 aliphatic heterocycles. The Hall–Kier alpha value is -2.47. The van der Waals surface area contributed by atoms with Crippen molar-refractivity contribution in [3.05, 3.63) is 53.1 Å². The van der Waals surface area contributed by atoms with Gasteiger partial charge in [0.1, 0.15) is 11.6 Å². The summed E-state index contributed by atoms with van der Waals surface area (Å²) in [5.74, 6) is 2.27. The molecule has 2 aromatic rings. The van der Waals surface area contributed by atoms with Crippen LogP contribution in [0.25, 0.3) is 0 Å². The second kappa shape index (κ2) is 9.99. The summed E-state index contributed by atoms with van der Waals surface area (Å²) in [4.78, 5) is 25.1. The maximum Gasteiger partial charge on any atom is 0.233 e. The van der Waals surface area contributed by atoms with Gasteiger partial charge in [0.05, 0.1) is 24.8 Å². The molecule has 6 nitrogen and oxygen atoms in total. The number of carbonyl (C=O) groups is 1. The summed E-state index contributed by atoms with van der Waals surface area (Å²) in [6, 6.07) is 8.16. The highest BCUT2D eigenvalue weighted by Crippen LogP contribution is 2.42. The number of benzene rings is 1. The molecule has 2 fully saturated rings. The number of piperidine rings is 1. The molecule has 1 saturated heterocycles. The average molecular weight is 438 g/mol. The van der Waals surface area contributed by atoms with Gasteiger partial charge in [-0.25, -0.2) is 9.97 Å². The van der Waals surface area contributed by atoms with E-state index >= 15 is 0 Å². The van der Waals surface area contributed by atoms with Gasteiger partial charge in [-0.1, -0.05) is 31.4 Å². The second-order valence-electron chi connectivity index (χ2n) is 9.20. The zero-order chi connectivity index (χ0) is 22.6. The number of amides is 1. The number of nitrogens with zero attached hydrogens (tertiary/aromatic N) is 3. The molecule has 32 heavy (non-hydrogen) atoms. The Morgan fingerprint density at radius 2 is 1.78 bits per heavy atom. The van der Waals surface area contributed by atoms with Gasteiger partial charge in [-0.2, -0.15) is 0 Å². The summed E-state index contributed by atoms with van der Waals surface area (Å²) in [6.07, 6.45) is 9.03. The number of hydrogen-bond acceptors (Lipinski definition) is 5. The van der Waals surface area contributed by atoms with Crippen LogP contribution >= 0.6 is 0 Å². The molecule has 1 aliphatic carbocycles. The number of likely N-dealkylation sites (tertiary alicyclic amines) is 1. The van der Waals surface area contributed by atoms with Crippen LogP contribution in [-0.4, -0.2) is 48.1 Å². The minimum atomic E-state index is -0.399. The summed E-state index contributed by atoms with van der Waals surface area (Å²) in [5, 5.41) is 0. The van der Waals surface area contributed by atoms with Crippen molar-refractivity contribution in [3.8, 4) is 5.75 Å². The standard InChI is InChI=1S/C26H35N3O3/c1-19-27-17-21(18-31-2)24(28-19)20-11-15-29(16-12-20)25(30)26(13-5-4-6-14-26)22-7-9-23(32-3)10-8-22/h7-10,17,20H,4-6,11-16,18H2,1-3H3. The Morgan fingerprint density at radius 1 is 1.09 bits per heavy atom. The molecular weight excluding hydrogens is 402 g/mol. The van der Waals surface area contributed by atoms with Crippen molar-refractivity contribution in [3.63, 3.8) is 0 Å². The summed E-state index contributed by atoms with van der Waals surface area (Å²) < 4.78 is 10.7. The van der Waals surface area contributed by atoms with Gasteiger partial charge in [0, 0.05) is 37.9 Å². The normalized spacial score (nSPS) is 19.0. The molecule has 4 rings (SSSR count). The van der Waals surface area contributed by atoms with Gasteiger partial charge in [0.25, 0.3) is 0 Å². The van der Waals surface area contributed by atoms with Gasteiger partial charge in [-0.3, -0.25) is 4.79 Å². The molecule has 0 spiro atoms. The van der Waals surface area contributed by atoms with Crippen molar-refractivity contribution in [2.45, 2.75) is 69.8 Å². The SMILES string of the molecule is COCc1cnc(C)nc1C1CCN(C(=O)C2(c3ccc(OC)cc3)CCCCC2)CC1. The molecule has 1 aromatic carbocycles. The summed E-state index contributed by atoms with van der Waals surface area (Å²) >= 11 is 0. The van der Waals surface area contributed by atoms with Crippen LogP contribution in [0.2, 0.25) is 0 Å². The molecular formula is C26H35N3O3. The second-order valence-corrected chi connectivity index (χ2v) is 9.20. The fraction of sp³-hybridized carbons (Fsp3) is 0.577. The highest BCUT2D eigenvalue weighted by atomic mass is 16.5. The number of ether oxygens (including phenoxy) is 2. The molecule has 172 valence electrons. The lowest BCUT2D eigenvalue weighted by Gasteiger charge is -2.42. The van der Waals surface area contributed by atoms with E-state index < -0.39 is 5.41 Å². The molecule has 0 unspecified atom stereocenters. The van der Waals surface area contributed by atoms with Crippen LogP contribution in [0.15, 0.2) is 30.5 Å². The zero-order valence-corrected chi connectivity index (χ0v) is 19.6. The monoisotopic (exact) mass is 437 g/mol. The topological polar surface area (TPSA) is 64.6 Å². The van der Waals surface area contributed by atoms with E-state index in [9.17, 15) is 4.79 Å². The first-order valence-corrected chi connectivity index (χ1v) is 11.8. The number of rotatable bonds is 6. The zero-order valence-electron chi connectivity index (χ0n) is 19.6. The van der Waals surface area contributed by atoms with Crippen LogP contribution in [0, 0.1) is 6.92 Å². The molecule has 1 saturated carbocycles. The van der Waals surface area contributed by atoms with Gasteiger partial charge in [0.2, 0.25) is 5.91 Å². The number of aromatic nitrogens is 2. The average Bonchev–Trinajstić information content (AvgIpc) is 2.85. The Kier molecular flexibility index (Phi) is 7.09. The van der Waals surface area contributed by atoms with Crippen LogP contribution in [0.5, 0.6) is 5.75 Å². The lowest BCUT2D eigenvalue weighted by molar-refractivity contribution is -0.140. The Labute approximate surface area is 191 Å². The van der Waals surface area contributed by atoms with E-state index in [1.165, 1.54) is 6.42 Å². The van der Waals surface area contributed by atoms with Gasteiger partial charge >= 0.3 is 0 Å². The Morgan fingerprint density at radius 3 is 2.41 bits per heavy atom. The fourth-order valence-electron chi connectivity index (χ4n) is 5.48. The fourth-order valence-corrected chi connectivity index (χ4v) is 5.48. The van der Waals surface area contributed by atoms with E-state index in [1.807, 2.05) is 25.3 Å². The highest BCUT2D eigenvalue weighted by Gasteiger charge is 2.44.